The third kappa shape index (κ3) is 6.49. The predicted octanol–water partition coefficient (Wildman–Crippen LogP) is 5.78. The molecule has 1 nitrogen and oxygen atoms in total. The van der Waals surface area contributed by atoms with E-state index in [4.69, 9.17) is 0 Å². The summed E-state index contributed by atoms with van der Waals surface area (Å²) in [6, 6.07) is 6.01. The monoisotopic (exact) mass is 305 g/mol. The van der Waals surface area contributed by atoms with Gasteiger partial charge in [0, 0.05) is 16.9 Å². The Morgan fingerprint density at radius 1 is 1.30 bits per heavy atom. The fourth-order valence-electron chi connectivity index (χ4n) is 1.67. The van der Waals surface area contributed by atoms with E-state index in [2.05, 4.69) is 49.4 Å². The van der Waals surface area contributed by atoms with Crippen LogP contribution in [0.15, 0.2) is 53.6 Å². The van der Waals surface area contributed by atoms with Crippen molar-refractivity contribution in [2.45, 2.75) is 26.7 Å². The van der Waals surface area contributed by atoms with Crippen LogP contribution in [0.25, 0.3) is 4.91 Å². The Hall–Kier alpha value is -0.930. The smallest absolute Gasteiger partial charge is 0.0765 e. The minimum absolute atomic E-state index is 1.03. The molecule has 0 fully saturated rings. The van der Waals surface area contributed by atoms with Gasteiger partial charge in [0.05, 0.1) is 5.69 Å². The summed E-state index contributed by atoms with van der Waals surface area (Å²) < 4.78 is 0. The molecule has 0 spiro atoms. The SMILES string of the molecule is CC/C=C(/CC)SC/C=C/C=C(\SC)c1ccccn1. The van der Waals surface area contributed by atoms with Crippen LogP contribution >= 0.6 is 23.5 Å². The number of aromatic nitrogens is 1. The van der Waals surface area contributed by atoms with Crippen molar-refractivity contribution < 1.29 is 0 Å². The summed E-state index contributed by atoms with van der Waals surface area (Å²) in [4.78, 5) is 7.06. The zero-order valence-electron chi connectivity index (χ0n) is 12.5. The van der Waals surface area contributed by atoms with E-state index in [-0.39, 0.29) is 0 Å². The molecular formula is C17H23NS2. The Bertz CT molecular complexity index is 461. The first-order valence-corrected chi connectivity index (χ1v) is 9.16. The van der Waals surface area contributed by atoms with Crippen molar-refractivity contribution in [3.63, 3.8) is 0 Å². The maximum Gasteiger partial charge on any atom is 0.0765 e. The van der Waals surface area contributed by atoms with Gasteiger partial charge in [-0.2, -0.15) is 0 Å². The Kier molecular flexibility index (Phi) is 9.25. The molecule has 108 valence electrons. The molecule has 0 N–H and O–H groups in total. The van der Waals surface area contributed by atoms with Gasteiger partial charge in [0.1, 0.15) is 0 Å². The molecule has 0 saturated heterocycles. The molecule has 1 heterocycles. The van der Waals surface area contributed by atoms with Crippen LogP contribution in [0.1, 0.15) is 32.4 Å². The summed E-state index contributed by atoms with van der Waals surface area (Å²) in [5, 5.41) is 0. The van der Waals surface area contributed by atoms with Gasteiger partial charge in [-0.05, 0) is 42.2 Å². The van der Waals surface area contributed by atoms with Gasteiger partial charge in [0.15, 0.2) is 0 Å². The van der Waals surface area contributed by atoms with Gasteiger partial charge < -0.3 is 0 Å². The van der Waals surface area contributed by atoms with E-state index >= 15 is 0 Å². The third-order valence-corrected chi connectivity index (χ3v) is 4.64. The fraction of sp³-hybridized carbons (Fsp3) is 0.353. The Morgan fingerprint density at radius 2 is 2.15 bits per heavy atom. The van der Waals surface area contributed by atoms with Crippen molar-refractivity contribution in [1.82, 2.24) is 4.98 Å². The van der Waals surface area contributed by atoms with Crippen LogP contribution in [-0.2, 0) is 0 Å². The van der Waals surface area contributed by atoms with Crippen LogP contribution in [-0.4, -0.2) is 17.0 Å². The van der Waals surface area contributed by atoms with Crippen molar-refractivity contribution in [3.8, 4) is 0 Å². The van der Waals surface area contributed by atoms with E-state index in [1.807, 2.05) is 36.2 Å². The first-order valence-electron chi connectivity index (χ1n) is 6.95. The number of allylic oxidation sites excluding steroid dienone is 4. The summed E-state index contributed by atoms with van der Waals surface area (Å²) in [5.74, 6) is 1.03. The summed E-state index contributed by atoms with van der Waals surface area (Å²) >= 11 is 3.65. The van der Waals surface area contributed by atoms with Gasteiger partial charge in [-0.25, -0.2) is 0 Å². The maximum atomic E-state index is 4.38. The van der Waals surface area contributed by atoms with Crippen molar-refractivity contribution >= 4 is 28.4 Å². The summed E-state index contributed by atoms with van der Waals surface area (Å²) in [5.41, 5.74) is 1.04. The second-order valence-corrected chi connectivity index (χ2v) is 6.12. The van der Waals surface area contributed by atoms with Gasteiger partial charge in [-0.15, -0.1) is 23.5 Å². The van der Waals surface area contributed by atoms with Gasteiger partial charge in [0.2, 0.25) is 0 Å². The molecule has 1 aromatic heterocycles. The minimum Gasteiger partial charge on any atom is -0.256 e. The number of hydrogen-bond donors (Lipinski definition) is 0. The van der Waals surface area contributed by atoms with E-state index in [0.29, 0.717) is 0 Å². The van der Waals surface area contributed by atoms with Crippen LogP contribution in [0.3, 0.4) is 0 Å². The highest BCUT2D eigenvalue weighted by atomic mass is 32.2. The van der Waals surface area contributed by atoms with Crippen molar-refractivity contribution in [3.05, 3.63) is 59.3 Å². The standard InChI is InChI=1S/C17H23NS2/c1-4-10-15(5-2)20-14-9-7-12-17(19-3)16-11-6-8-13-18-16/h6-13H,4-5,14H2,1-3H3/b9-7+,15-10-,17-12-. The van der Waals surface area contributed by atoms with Crippen LogP contribution in [0.4, 0.5) is 0 Å². The average Bonchev–Trinajstić information content (AvgIpc) is 2.50. The highest BCUT2D eigenvalue weighted by molar-refractivity contribution is 8.07. The predicted molar refractivity (Wildman–Crippen MR) is 96.0 cm³/mol. The highest BCUT2D eigenvalue weighted by Gasteiger charge is 1.98. The zero-order chi connectivity index (χ0) is 14.6. The minimum atomic E-state index is 1.03. The van der Waals surface area contributed by atoms with Gasteiger partial charge >= 0.3 is 0 Å². The van der Waals surface area contributed by atoms with E-state index in [1.54, 1.807) is 11.8 Å². The lowest BCUT2D eigenvalue weighted by molar-refractivity contribution is 1.14. The lowest BCUT2D eigenvalue weighted by Gasteiger charge is -2.02. The summed E-state index contributed by atoms with van der Waals surface area (Å²) in [6.45, 7) is 4.40. The van der Waals surface area contributed by atoms with Gasteiger partial charge in [0.25, 0.3) is 0 Å². The molecule has 0 aliphatic rings. The Balaban J connectivity index is 2.53. The average molecular weight is 306 g/mol. The van der Waals surface area contributed by atoms with Crippen LogP contribution in [0.2, 0.25) is 0 Å². The molecule has 0 amide bonds. The van der Waals surface area contributed by atoms with E-state index < -0.39 is 0 Å². The molecule has 0 aliphatic heterocycles. The molecule has 20 heavy (non-hydrogen) atoms. The first kappa shape index (κ1) is 17.1. The van der Waals surface area contributed by atoms with Gasteiger partial charge in [-0.1, -0.05) is 38.1 Å². The van der Waals surface area contributed by atoms with Crippen molar-refractivity contribution in [1.29, 1.82) is 0 Å². The topological polar surface area (TPSA) is 12.9 Å². The Morgan fingerprint density at radius 3 is 2.75 bits per heavy atom. The zero-order valence-corrected chi connectivity index (χ0v) is 14.1. The summed E-state index contributed by atoms with van der Waals surface area (Å²) in [7, 11) is 0. The Labute approximate surface area is 131 Å². The van der Waals surface area contributed by atoms with Crippen molar-refractivity contribution in [2.24, 2.45) is 0 Å². The van der Waals surface area contributed by atoms with Crippen LogP contribution in [0.5, 0.6) is 0 Å². The molecule has 0 unspecified atom stereocenters. The number of rotatable bonds is 8. The quantitative estimate of drug-likeness (QED) is 0.565. The largest absolute Gasteiger partial charge is 0.256 e. The van der Waals surface area contributed by atoms with Crippen LogP contribution in [0, 0.1) is 0 Å². The molecular weight excluding hydrogens is 282 g/mol. The number of hydrogen-bond acceptors (Lipinski definition) is 3. The fourth-order valence-corrected chi connectivity index (χ4v) is 3.12. The normalized spacial score (nSPS) is 13.2. The van der Waals surface area contributed by atoms with Crippen LogP contribution < -0.4 is 0 Å². The molecule has 0 aromatic carbocycles. The molecule has 0 bridgehead atoms. The lowest BCUT2D eigenvalue weighted by Crippen LogP contribution is -1.83. The molecule has 0 atom stereocenters. The van der Waals surface area contributed by atoms with E-state index in [9.17, 15) is 0 Å². The molecule has 3 heteroatoms. The summed E-state index contributed by atoms with van der Waals surface area (Å²) in [6.07, 6.45) is 15.0. The molecule has 0 aliphatic carbocycles. The molecule has 0 radical (unpaired) electrons. The lowest BCUT2D eigenvalue weighted by atomic mass is 10.3. The number of thioether (sulfide) groups is 2. The maximum absolute atomic E-state index is 4.38. The third-order valence-electron chi connectivity index (χ3n) is 2.67. The molecule has 0 saturated carbocycles. The second kappa shape index (κ2) is 10.8. The second-order valence-electron chi connectivity index (χ2n) is 4.12. The van der Waals surface area contributed by atoms with E-state index in [0.717, 1.165) is 24.3 Å². The first-order chi connectivity index (χ1) is 9.81. The van der Waals surface area contributed by atoms with Crippen molar-refractivity contribution in [2.75, 3.05) is 12.0 Å². The van der Waals surface area contributed by atoms with E-state index in [1.165, 1.54) is 9.81 Å². The number of pyridine rings is 1. The number of nitrogens with zero attached hydrogens (tertiary/aromatic N) is 1. The molecule has 1 rings (SSSR count). The highest BCUT2D eigenvalue weighted by Crippen LogP contribution is 2.23. The molecule has 1 aromatic rings. The van der Waals surface area contributed by atoms with Gasteiger partial charge in [-0.3, -0.25) is 4.98 Å².